The van der Waals surface area contributed by atoms with Gasteiger partial charge in [0.15, 0.2) is 0 Å². The number of aliphatic carboxylic acids is 1. The summed E-state index contributed by atoms with van der Waals surface area (Å²) in [5.41, 5.74) is 0.397. The molecule has 0 spiro atoms. The molecule has 166 valence electrons. The number of esters is 1. The molecule has 11 heteroatoms. The number of carbonyl (C=O) groups excluding carboxylic acids is 1. The second kappa shape index (κ2) is 19.0. The summed E-state index contributed by atoms with van der Waals surface area (Å²) >= 11 is 0. The van der Waals surface area contributed by atoms with Crippen molar-refractivity contribution in [1.82, 2.24) is 0 Å². The Morgan fingerprint density at radius 2 is 1.43 bits per heavy atom. The van der Waals surface area contributed by atoms with E-state index in [-0.39, 0.29) is 12.6 Å². The lowest BCUT2D eigenvalue weighted by Crippen LogP contribution is -2.42. The van der Waals surface area contributed by atoms with Gasteiger partial charge in [-0.2, -0.15) is 0 Å². The molecule has 0 amide bonds. The summed E-state index contributed by atoms with van der Waals surface area (Å²) in [5.74, 6) is -1.34. The fraction of sp³-hybridized carbons (Fsp3) is 0.765. The van der Waals surface area contributed by atoms with Crippen molar-refractivity contribution in [2.45, 2.75) is 19.4 Å². The maximum atomic E-state index is 11.1. The summed E-state index contributed by atoms with van der Waals surface area (Å²) in [6.07, 6.45) is 0.640. The van der Waals surface area contributed by atoms with E-state index >= 15 is 0 Å². The van der Waals surface area contributed by atoms with Crippen molar-refractivity contribution in [3.05, 3.63) is 12.2 Å². The first kappa shape index (κ1) is 28.9. The Morgan fingerprint density at radius 3 is 1.89 bits per heavy atom. The molecule has 0 heterocycles. The van der Waals surface area contributed by atoms with Crippen LogP contribution < -0.4 is 0 Å². The zero-order valence-electron chi connectivity index (χ0n) is 17.5. The highest BCUT2D eigenvalue weighted by Gasteiger charge is 2.36. The fourth-order valence-corrected chi connectivity index (χ4v) is 3.34. The quantitative estimate of drug-likeness (QED) is 0.166. The van der Waals surface area contributed by atoms with E-state index in [4.69, 9.17) is 37.3 Å². The minimum absolute atomic E-state index is 0.270. The van der Waals surface area contributed by atoms with E-state index < -0.39 is 14.8 Å². The highest BCUT2D eigenvalue weighted by atomic mass is 28.4. The molecule has 0 saturated carbocycles. The number of hydrogen-bond acceptors (Lipinski definition) is 9. The van der Waals surface area contributed by atoms with Crippen molar-refractivity contribution in [2.24, 2.45) is 0 Å². The van der Waals surface area contributed by atoms with E-state index in [9.17, 15) is 9.59 Å². The maximum absolute atomic E-state index is 11.1. The number of ether oxygens (including phenoxy) is 4. The van der Waals surface area contributed by atoms with Crippen LogP contribution in [0.25, 0.3) is 0 Å². The van der Waals surface area contributed by atoms with Crippen LogP contribution in [0.15, 0.2) is 12.2 Å². The lowest BCUT2D eigenvalue weighted by atomic mass is 10.4. The van der Waals surface area contributed by atoms with E-state index in [0.29, 0.717) is 51.1 Å². The molecule has 10 nitrogen and oxygen atoms in total. The molecule has 1 N–H and O–H groups in total. The molecule has 0 aromatic carbocycles. The first-order valence-electron chi connectivity index (χ1n) is 8.62. The average Bonchev–Trinajstić information content (AvgIpc) is 2.68. The summed E-state index contributed by atoms with van der Waals surface area (Å²) in [6, 6.07) is 0.611. The van der Waals surface area contributed by atoms with E-state index in [0.717, 1.165) is 0 Å². The van der Waals surface area contributed by atoms with Crippen LogP contribution in [0.4, 0.5) is 0 Å². The van der Waals surface area contributed by atoms with Crippen molar-refractivity contribution >= 4 is 20.7 Å². The van der Waals surface area contributed by atoms with Crippen LogP contribution in [0.1, 0.15) is 13.3 Å². The largest absolute Gasteiger partial charge is 0.500 e. The minimum Gasteiger partial charge on any atom is -0.480 e. The third-order valence-corrected chi connectivity index (χ3v) is 6.00. The van der Waals surface area contributed by atoms with E-state index in [1.54, 1.807) is 35.4 Å². The van der Waals surface area contributed by atoms with E-state index in [2.05, 4.69) is 6.58 Å². The van der Waals surface area contributed by atoms with Crippen LogP contribution in [0, 0.1) is 0 Å². The highest BCUT2D eigenvalue weighted by Crippen LogP contribution is 2.14. The second-order valence-corrected chi connectivity index (χ2v) is 8.46. The van der Waals surface area contributed by atoms with E-state index in [1.165, 1.54) is 0 Å². The smallest absolute Gasteiger partial charge is 0.480 e. The van der Waals surface area contributed by atoms with Gasteiger partial charge >= 0.3 is 20.7 Å². The summed E-state index contributed by atoms with van der Waals surface area (Å²) < 4.78 is 35.1. The molecule has 0 aromatic rings. The Hall–Kier alpha value is -1.34. The summed E-state index contributed by atoms with van der Waals surface area (Å²) in [6.45, 7) is 6.90. The highest BCUT2D eigenvalue weighted by molar-refractivity contribution is 6.60. The lowest BCUT2D eigenvalue weighted by Gasteiger charge is -2.24. The lowest BCUT2D eigenvalue weighted by molar-refractivity contribution is -0.143. The molecule has 0 rings (SSSR count). The Labute approximate surface area is 168 Å². The van der Waals surface area contributed by atoms with Crippen LogP contribution in [0.3, 0.4) is 0 Å². The van der Waals surface area contributed by atoms with Crippen molar-refractivity contribution in [1.29, 1.82) is 0 Å². The maximum Gasteiger partial charge on any atom is 0.500 e. The van der Waals surface area contributed by atoms with Crippen LogP contribution in [-0.2, 0) is 41.8 Å². The SMILES string of the molecule is C=C(C)C(=O)OCCC[Si](OC)(OC)OC.COCCOCCOCC(=O)O. The van der Waals surface area contributed by atoms with Gasteiger partial charge in [-0.25, -0.2) is 9.59 Å². The third kappa shape index (κ3) is 16.8. The van der Waals surface area contributed by atoms with Gasteiger partial charge in [-0.05, 0) is 13.3 Å². The molecule has 0 bridgehead atoms. The molecule has 28 heavy (non-hydrogen) atoms. The number of carboxylic acids is 1. The molecule has 0 aliphatic rings. The number of methoxy groups -OCH3 is 1. The fourth-order valence-electron chi connectivity index (χ4n) is 1.65. The molecule has 0 aliphatic carbocycles. The Morgan fingerprint density at radius 1 is 0.893 bits per heavy atom. The zero-order valence-corrected chi connectivity index (χ0v) is 18.5. The van der Waals surface area contributed by atoms with E-state index in [1.807, 2.05) is 0 Å². The topological polar surface area (TPSA) is 119 Å². The molecular weight excluding hydrogens is 392 g/mol. The minimum atomic E-state index is -2.53. The summed E-state index contributed by atoms with van der Waals surface area (Å²) in [4.78, 5) is 21.0. The van der Waals surface area contributed by atoms with Crippen molar-refractivity contribution in [3.8, 4) is 0 Å². The van der Waals surface area contributed by atoms with Crippen molar-refractivity contribution < 1.29 is 46.9 Å². The predicted octanol–water partition coefficient (Wildman–Crippen LogP) is 1.12. The molecule has 0 aromatic heterocycles. The first-order chi connectivity index (χ1) is 13.3. The molecule has 0 saturated heterocycles. The number of hydrogen-bond donors (Lipinski definition) is 1. The van der Waals surface area contributed by atoms with Gasteiger partial charge in [0, 0.05) is 40.1 Å². The molecule has 0 radical (unpaired) electrons. The zero-order chi connectivity index (χ0) is 21.8. The first-order valence-corrected chi connectivity index (χ1v) is 10.6. The standard InChI is InChI=1S/C10H20O5Si.C7H14O5/c1-9(2)10(11)15-7-6-8-16(12-3,13-4)14-5;1-10-2-3-11-4-5-12-6-7(8)9/h1,6-8H2,2-5H3;2-6H2,1H3,(H,8,9). The van der Waals surface area contributed by atoms with Crippen molar-refractivity contribution in [2.75, 3.05) is 68.1 Å². The van der Waals surface area contributed by atoms with Gasteiger partial charge in [-0.1, -0.05) is 6.58 Å². The Bertz CT molecular complexity index is 418. The molecule has 0 unspecified atom stereocenters. The number of rotatable bonds is 16. The second-order valence-electron chi connectivity index (χ2n) is 5.37. The third-order valence-electron chi connectivity index (χ3n) is 3.17. The van der Waals surface area contributed by atoms with Gasteiger partial charge < -0.3 is 37.3 Å². The number of carbonyl (C=O) groups is 2. The van der Waals surface area contributed by atoms with Crippen LogP contribution >= 0.6 is 0 Å². The van der Waals surface area contributed by atoms with Crippen LogP contribution in [0.5, 0.6) is 0 Å². The van der Waals surface area contributed by atoms with Gasteiger partial charge in [-0.3, -0.25) is 0 Å². The number of carboxylic acid groups (broad SMARTS) is 1. The van der Waals surface area contributed by atoms with Gasteiger partial charge in [0.25, 0.3) is 0 Å². The summed E-state index contributed by atoms with van der Waals surface area (Å²) in [7, 11) is 3.72. The molecule has 0 atom stereocenters. The Kier molecular flexibility index (Phi) is 19.6. The molecule has 0 aliphatic heterocycles. The van der Waals surface area contributed by atoms with Gasteiger partial charge in [0.05, 0.1) is 33.0 Å². The molecule has 0 fully saturated rings. The van der Waals surface area contributed by atoms with Crippen LogP contribution in [-0.4, -0.2) is 93.9 Å². The van der Waals surface area contributed by atoms with Gasteiger partial charge in [0.1, 0.15) is 6.61 Å². The van der Waals surface area contributed by atoms with Gasteiger partial charge in [-0.15, -0.1) is 0 Å². The summed E-state index contributed by atoms with van der Waals surface area (Å²) in [5, 5.41) is 8.17. The van der Waals surface area contributed by atoms with Crippen molar-refractivity contribution in [3.63, 3.8) is 0 Å². The molecular formula is C17H34O10Si. The van der Waals surface area contributed by atoms with Gasteiger partial charge in [0.2, 0.25) is 0 Å². The predicted molar refractivity (Wildman–Crippen MR) is 103 cm³/mol. The average molecular weight is 427 g/mol. The normalized spacial score (nSPS) is 10.8. The monoisotopic (exact) mass is 426 g/mol. The Balaban J connectivity index is 0. The van der Waals surface area contributed by atoms with Crippen LogP contribution in [0.2, 0.25) is 6.04 Å².